The van der Waals surface area contributed by atoms with Crippen molar-refractivity contribution in [3.05, 3.63) is 29.7 Å². The van der Waals surface area contributed by atoms with Crippen LogP contribution in [0.5, 0.6) is 0 Å². The zero-order valence-corrected chi connectivity index (χ0v) is 10.6. The van der Waals surface area contributed by atoms with Crippen molar-refractivity contribution in [3.63, 3.8) is 0 Å². The standard InChI is InChI=1S/C13H17N3O2/c1-9-4-3-5-10-13(9)16-12(18-10)6-7-15-11(17)8-14-2/h3-5,14H,6-8H2,1-2H3,(H,15,17). The summed E-state index contributed by atoms with van der Waals surface area (Å²) in [4.78, 5) is 15.7. The molecule has 96 valence electrons. The second kappa shape index (κ2) is 5.64. The number of benzene rings is 1. The summed E-state index contributed by atoms with van der Waals surface area (Å²) in [5.74, 6) is 0.633. The van der Waals surface area contributed by atoms with Gasteiger partial charge in [0.15, 0.2) is 11.5 Å². The van der Waals surface area contributed by atoms with E-state index in [9.17, 15) is 4.79 Å². The van der Waals surface area contributed by atoms with Crippen LogP contribution in [-0.4, -0.2) is 31.0 Å². The molecule has 0 atom stereocenters. The van der Waals surface area contributed by atoms with Gasteiger partial charge in [-0.25, -0.2) is 4.98 Å². The zero-order valence-electron chi connectivity index (χ0n) is 10.6. The molecule has 0 saturated heterocycles. The van der Waals surface area contributed by atoms with Crippen molar-refractivity contribution in [1.82, 2.24) is 15.6 Å². The normalized spacial score (nSPS) is 10.8. The Balaban J connectivity index is 1.96. The third-order valence-electron chi connectivity index (χ3n) is 2.66. The Hall–Kier alpha value is -1.88. The number of para-hydroxylation sites is 1. The number of aromatic nitrogens is 1. The Morgan fingerprint density at radius 3 is 3.00 bits per heavy atom. The smallest absolute Gasteiger partial charge is 0.233 e. The number of carbonyl (C=O) groups is 1. The minimum absolute atomic E-state index is 0.0233. The van der Waals surface area contributed by atoms with Crippen molar-refractivity contribution in [1.29, 1.82) is 0 Å². The second-order valence-electron chi connectivity index (χ2n) is 4.16. The number of carbonyl (C=O) groups excluding carboxylic acids is 1. The minimum Gasteiger partial charge on any atom is -0.441 e. The first-order valence-corrected chi connectivity index (χ1v) is 5.97. The summed E-state index contributed by atoms with van der Waals surface area (Å²) < 4.78 is 5.61. The molecule has 1 amide bonds. The van der Waals surface area contributed by atoms with E-state index in [1.54, 1.807) is 7.05 Å². The molecule has 0 saturated carbocycles. The molecule has 1 heterocycles. The molecule has 0 aliphatic heterocycles. The maximum atomic E-state index is 11.2. The molecule has 1 aromatic heterocycles. The van der Waals surface area contributed by atoms with Crippen LogP contribution in [0.2, 0.25) is 0 Å². The van der Waals surface area contributed by atoms with E-state index in [0.29, 0.717) is 25.4 Å². The Morgan fingerprint density at radius 2 is 2.28 bits per heavy atom. The molecule has 0 aliphatic carbocycles. The molecule has 18 heavy (non-hydrogen) atoms. The average molecular weight is 247 g/mol. The van der Waals surface area contributed by atoms with Gasteiger partial charge in [-0.15, -0.1) is 0 Å². The number of hydrogen-bond acceptors (Lipinski definition) is 4. The minimum atomic E-state index is -0.0233. The van der Waals surface area contributed by atoms with Crippen LogP contribution in [0.4, 0.5) is 0 Å². The molecular weight excluding hydrogens is 230 g/mol. The second-order valence-corrected chi connectivity index (χ2v) is 4.16. The number of nitrogens with zero attached hydrogens (tertiary/aromatic N) is 1. The van der Waals surface area contributed by atoms with Gasteiger partial charge in [-0.1, -0.05) is 12.1 Å². The maximum absolute atomic E-state index is 11.2. The number of rotatable bonds is 5. The lowest BCUT2D eigenvalue weighted by Gasteiger charge is -2.01. The number of oxazole rings is 1. The molecule has 2 rings (SSSR count). The van der Waals surface area contributed by atoms with Gasteiger partial charge in [0.2, 0.25) is 5.91 Å². The van der Waals surface area contributed by atoms with E-state index in [-0.39, 0.29) is 5.91 Å². The van der Waals surface area contributed by atoms with Crippen molar-refractivity contribution in [2.24, 2.45) is 0 Å². The van der Waals surface area contributed by atoms with Gasteiger partial charge in [-0.2, -0.15) is 0 Å². The van der Waals surface area contributed by atoms with Crippen LogP contribution in [-0.2, 0) is 11.2 Å². The number of amides is 1. The first-order valence-electron chi connectivity index (χ1n) is 5.97. The lowest BCUT2D eigenvalue weighted by Crippen LogP contribution is -2.33. The fraction of sp³-hybridized carbons (Fsp3) is 0.385. The van der Waals surface area contributed by atoms with E-state index in [0.717, 1.165) is 16.7 Å². The van der Waals surface area contributed by atoms with E-state index >= 15 is 0 Å². The molecule has 2 N–H and O–H groups in total. The summed E-state index contributed by atoms with van der Waals surface area (Å²) >= 11 is 0. The van der Waals surface area contributed by atoms with Crippen LogP contribution in [0, 0.1) is 6.92 Å². The van der Waals surface area contributed by atoms with Gasteiger partial charge in [-0.3, -0.25) is 4.79 Å². The van der Waals surface area contributed by atoms with Crippen molar-refractivity contribution in [3.8, 4) is 0 Å². The average Bonchev–Trinajstić information content (AvgIpc) is 2.74. The molecule has 0 unspecified atom stereocenters. The number of fused-ring (bicyclic) bond motifs is 1. The summed E-state index contributed by atoms with van der Waals surface area (Å²) in [6.07, 6.45) is 0.601. The number of hydrogen-bond donors (Lipinski definition) is 2. The largest absolute Gasteiger partial charge is 0.441 e. The Bertz CT molecular complexity index is 548. The van der Waals surface area contributed by atoms with Crippen LogP contribution in [0.1, 0.15) is 11.5 Å². The Labute approximate surface area is 106 Å². The zero-order chi connectivity index (χ0) is 13.0. The lowest BCUT2D eigenvalue weighted by molar-refractivity contribution is -0.120. The van der Waals surface area contributed by atoms with Crippen LogP contribution < -0.4 is 10.6 Å². The van der Waals surface area contributed by atoms with Crippen LogP contribution in [0.15, 0.2) is 22.6 Å². The third-order valence-corrected chi connectivity index (χ3v) is 2.66. The summed E-state index contributed by atoms with van der Waals surface area (Å²) in [5, 5.41) is 5.58. The van der Waals surface area contributed by atoms with Gasteiger partial charge in [0, 0.05) is 13.0 Å². The van der Waals surface area contributed by atoms with Crippen molar-refractivity contribution in [2.75, 3.05) is 20.1 Å². The predicted octanol–water partition coefficient (Wildman–Crippen LogP) is 1.01. The van der Waals surface area contributed by atoms with Crippen LogP contribution in [0.25, 0.3) is 11.1 Å². The Morgan fingerprint density at radius 1 is 1.44 bits per heavy atom. The molecule has 0 radical (unpaired) electrons. The van der Waals surface area contributed by atoms with Gasteiger partial charge in [-0.05, 0) is 25.6 Å². The van der Waals surface area contributed by atoms with Gasteiger partial charge < -0.3 is 15.1 Å². The van der Waals surface area contributed by atoms with Gasteiger partial charge in [0.1, 0.15) is 5.52 Å². The highest BCUT2D eigenvalue weighted by Crippen LogP contribution is 2.18. The topological polar surface area (TPSA) is 67.2 Å². The molecule has 0 fully saturated rings. The summed E-state index contributed by atoms with van der Waals surface area (Å²) in [7, 11) is 1.74. The summed E-state index contributed by atoms with van der Waals surface area (Å²) in [5.41, 5.74) is 2.79. The third kappa shape index (κ3) is 2.87. The molecule has 5 nitrogen and oxygen atoms in total. The maximum Gasteiger partial charge on any atom is 0.233 e. The van der Waals surface area contributed by atoms with E-state index in [4.69, 9.17) is 4.42 Å². The predicted molar refractivity (Wildman–Crippen MR) is 69.4 cm³/mol. The van der Waals surface area contributed by atoms with Crippen LogP contribution in [0.3, 0.4) is 0 Å². The monoisotopic (exact) mass is 247 g/mol. The number of likely N-dealkylation sites (N-methyl/N-ethyl adjacent to an activating group) is 1. The quantitative estimate of drug-likeness (QED) is 0.827. The molecule has 1 aromatic carbocycles. The fourth-order valence-corrected chi connectivity index (χ4v) is 1.77. The SMILES string of the molecule is CNCC(=O)NCCc1nc2c(C)cccc2o1. The van der Waals surface area contributed by atoms with Gasteiger partial charge in [0.25, 0.3) is 0 Å². The van der Waals surface area contributed by atoms with Crippen molar-refractivity contribution >= 4 is 17.0 Å². The van der Waals surface area contributed by atoms with Gasteiger partial charge in [0.05, 0.1) is 6.54 Å². The molecular formula is C13H17N3O2. The molecule has 0 bridgehead atoms. The Kier molecular flexibility index (Phi) is 3.94. The summed E-state index contributed by atoms with van der Waals surface area (Å²) in [6, 6.07) is 5.85. The lowest BCUT2D eigenvalue weighted by atomic mass is 10.2. The van der Waals surface area contributed by atoms with E-state index < -0.39 is 0 Å². The number of nitrogens with one attached hydrogen (secondary N) is 2. The highest BCUT2D eigenvalue weighted by Gasteiger charge is 2.07. The molecule has 0 aliphatic rings. The van der Waals surface area contributed by atoms with E-state index in [1.807, 2.05) is 25.1 Å². The molecule has 2 aromatic rings. The van der Waals surface area contributed by atoms with Crippen molar-refractivity contribution < 1.29 is 9.21 Å². The first-order chi connectivity index (χ1) is 8.70. The van der Waals surface area contributed by atoms with Gasteiger partial charge >= 0.3 is 0 Å². The van der Waals surface area contributed by atoms with Crippen molar-refractivity contribution in [2.45, 2.75) is 13.3 Å². The molecule has 0 spiro atoms. The van der Waals surface area contributed by atoms with E-state index in [2.05, 4.69) is 15.6 Å². The molecule has 5 heteroatoms. The van der Waals surface area contributed by atoms with Crippen LogP contribution >= 0.6 is 0 Å². The first kappa shape index (κ1) is 12.6. The fourth-order valence-electron chi connectivity index (χ4n) is 1.77. The highest BCUT2D eigenvalue weighted by atomic mass is 16.3. The number of aryl methyl sites for hydroxylation is 1. The summed E-state index contributed by atoms with van der Waals surface area (Å²) in [6.45, 7) is 2.86. The highest BCUT2D eigenvalue weighted by molar-refractivity contribution is 5.78. The van der Waals surface area contributed by atoms with E-state index in [1.165, 1.54) is 0 Å².